The lowest BCUT2D eigenvalue weighted by Gasteiger charge is -2.26. The van der Waals surface area contributed by atoms with E-state index < -0.39 is 5.41 Å². The van der Waals surface area contributed by atoms with Gasteiger partial charge in [0.1, 0.15) is 0 Å². The zero-order valence-corrected chi connectivity index (χ0v) is 9.68. The third-order valence-corrected chi connectivity index (χ3v) is 2.43. The lowest BCUT2D eigenvalue weighted by atomic mass is 9.88. The lowest BCUT2D eigenvalue weighted by Crippen LogP contribution is -2.38. The summed E-state index contributed by atoms with van der Waals surface area (Å²) in [7, 11) is 0. The molecule has 0 saturated carbocycles. The maximum atomic E-state index is 12.0. The van der Waals surface area contributed by atoms with E-state index in [-0.39, 0.29) is 5.91 Å². The molecule has 1 rings (SSSR count). The van der Waals surface area contributed by atoms with Gasteiger partial charge >= 0.3 is 0 Å². The summed E-state index contributed by atoms with van der Waals surface area (Å²) in [5, 5.41) is 10.5. The molecule has 16 heavy (non-hydrogen) atoms. The molecule has 0 saturated heterocycles. The van der Waals surface area contributed by atoms with E-state index >= 15 is 0 Å². The zero-order chi connectivity index (χ0) is 12.2. The number of allylic oxidation sites excluding steroid dienone is 1. The SMILES string of the molecule is C=CCC(C)(C)C(=O)N(O)c1ccccc1. The van der Waals surface area contributed by atoms with Gasteiger partial charge in [-0.05, 0) is 18.6 Å². The fourth-order valence-electron chi connectivity index (χ4n) is 1.42. The summed E-state index contributed by atoms with van der Waals surface area (Å²) in [6.07, 6.45) is 2.20. The second-order valence-electron chi connectivity index (χ2n) is 4.33. The summed E-state index contributed by atoms with van der Waals surface area (Å²) in [6, 6.07) is 8.74. The summed E-state index contributed by atoms with van der Waals surface area (Å²) in [4.78, 5) is 12.0. The van der Waals surface area contributed by atoms with Gasteiger partial charge < -0.3 is 0 Å². The Balaban J connectivity index is 2.86. The third kappa shape index (κ3) is 2.70. The number of rotatable bonds is 4. The van der Waals surface area contributed by atoms with Crippen LogP contribution in [0.2, 0.25) is 0 Å². The van der Waals surface area contributed by atoms with Crippen LogP contribution in [0.25, 0.3) is 0 Å². The molecule has 3 nitrogen and oxygen atoms in total. The number of carbonyl (C=O) groups is 1. The molecule has 0 aliphatic rings. The lowest BCUT2D eigenvalue weighted by molar-refractivity contribution is -0.131. The number of benzene rings is 1. The molecule has 0 atom stereocenters. The molecule has 0 fully saturated rings. The summed E-state index contributed by atoms with van der Waals surface area (Å²) >= 11 is 0. The van der Waals surface area contributed by atoms with Crippen LogP contribution >= 0.6 is 0 Å². The molecule has 1 amide bonds. The molecular weight excluding hydrogens is 202 g/mol. The number of hydrogen-bond acceptors (Lipinski definition) is 2. The smallest absolute Gasteiger partial charge is 0.256 e. The van der Waals surface area contributed by atoms with Gasteiger partial charge in [-0.15, -0.1) is 6.58 Å². The van der Waals surface area contributed by atoms with E-state index in [2.05, 4.69) is 6.58 Å². The quantitative estimate of drug-likeness (QED) is 0.480. The predicted octanol–water partition coefficient (Wildman–Crippen LogP) is 3.01. The third-order valence-electron chi connectivity index (χ3n) is 2.43. The van der Waals surface area contributed by atoms with Crippen LogP contribution in [0.15, 0.2) is 43.0 Å². The number of para-hydroxylation sites is 1. The van der Waals surface area contributed by atoms with Gasteiger partial charge in [0.2, 0.25) is 0 Å². The molecule has 0 radical (unpaired) electrons. The maximum absolute atomic E-state index is 12.0. The van der Waals surface area contributed by atoms with E-state index in [0.29, 0.717) is 17.2 Å². The van der Waals surface area contributed by atoms with Crippen molar-refractivity contribution in [2.45, 2.75) is 20.3 Å². The molecule has 0 heterocycles. The van der Waals surface area contributed by atoms with E-state index in [1.165, 1.54) is 0 Å². The Hall–Kier alpha value is -1.61. The van der Waals surface area contributed by atoms with Crippen molar-refractivity contribution >= 4 is 11.6 Å². The van der Waals surface area contributed by atoms with Crippen molar-refractivity contribution in [2.75, 3.05) is 5.06 Å². The van der Waals surface area contributed by atoms with E-state index in [1.807, 2.05) is 6.07 Å². The minimum Gasteiger partial charge on any atom is -0.281 e. The number of nitrogens with zero attached hydrogens (tertiary/aromatic N) is 1. The average molecular weight is 219 g/mol. The van der Waals surface area contributed by atoms with Crippen molar-refractivity contribution in [2.24, 2.45) is 5.41 Å². The predicted molar refractivity (Wildman–Crippen MR) is 64.3 cm³/mol. The first-order valence-electron chi connectivity index (χ1n) is 5.18. The Labute approximate surface area is 96.0 Å². The first-order chi connectivity index (χ1) is 7.49. The molecular formula is C13H17NO2. The Morgan fingerprint density at radius 1 is 1.44 bits per heavy atom. The summed E-state index contributed by atoms with van der Waals surface area (Å²) in [5.74, 6) is -0.335. The average Bonchev–Trinajstić information content (AvgIpc) is 2.28. The normalized spacial score (nSPS) is 10.9. The zero-order valence-electron chi connectivity index (χ0n) is 9.68. The molecule has 0 unspecified atom stereocenters. The molecule has 0 aromatic heterocycles. The minimum atomic E-state index is -0.646. The molecule has 0 aliphatic carbocycles. The first kappa shape index (κ1) is 12.5. The monoisotopic (exact) mass is 219 g/mol. The first-order valence-corrected chi connectivity index (χ1v) is 5.18. The summed E-state index contributed by atoms with van der Waals surface area (Å²) in [6.45, 7) is 7.17. The van der Waals surface area contributed by atoms with Gasteiger partial charge in [0, 0.05) is 5.41 Å². The fraction of sp³-hybridized carbons (Fsp3) is 0.308. The van der Waals surface area contributed by atoms with Gasteiger partial charge in [-0.3, -0.25) is 10.0 Å². The van der Waals surface area contributed by atoms with Gasteiger partial charge in [0.25, 0.3) is 5.91 Å². The Bertz CT molecular complexity index is 371. The minimum absolute atomic E-state index is 0.335. The second kappa shape index (κ2) is 4.94. The molecule has 0 spiro atoms. The molecule has 0 aliphatic heterocycles. The Kier molecular flexibility index (Phi) is 3.85. The number of carbonyl (C=O) groups excluding carboxylic acids is 1. The van der Waals surface area contributed by atoms with Crippen molar-refractivity contribution in [3.63, 3.8) is 0 Å². The molecule has 1 N–H and O–H groups in total. The fourth-order valence-corrected chi connectivity index (χ4v) is 1.42. The van der Waals surface area contributed by atoms with E-state index in [4.69, 9.17) is 0 Å². The standard InChI is InChI=1S/C13H17NO2/c1-4-10-13(2,3)12(15)14(16)11-8-6-5-7-9-11/h4-9,16H,1,10H2,2-3H3. The summed E-state index contributed by atoms with van der Waals surface area (Å²) < 4.78 is 0. The van der Waals surface area contributed by atoms with Gasteiger partial charge in [-0.25, -0.2) is 0 Å². The van der Waals surface area contributed by atoms with Crippen LogP contribution in [-0.4, -0.2) is 11.1 Å². The van der Waals surface area contributed by atoms with Crippen molar-refractivity contribution in [3.8, 4) is 0 Å². The van der Waals surface area contributed by atoms with Crippen molar-refractivity contribution in [1.29, 1.82) is 0 Å². The van der Waals surface area contributed by atoms with Crippen LogP contribution in [0.1, 0.15) is 20.3 Å². The highest BCUT2D eigenvalue weighted by molar-refractivity contribution is 5.95. The topological polar surface area (TPSA) is 40.5 Å². The van der Waals surface area contributed by atoms with Gasteiger partial charge in [0.15, 0.2) is 0 Å². The van der Waals surface area contributed by atoms with Crippen molar-refractivity contribution in [1.82, 2.24) is 0 Å². The molecule has 1 aromatic carbocycles. The van der Waals surface area contributed by atoms with Crippen LogP contribution in [0.4, 0.5) is 5.69 Å². The van der Waals surface area contributed by atoms with Crippen LogP contribution in [0, 0.1) is 5.41 Å². The van der Waals surface area contributed by atoms with Crippen LogP contribution in [0.3, 0.4) is 0 Å². The van der Waals surface area contributed by atoms with E-state index in [0.717, 1.165) is 0 Å². The highest BCUT2D eigenvalue weighted by Crippen LogP contribution is 2.25. The highest BCUT2D eigenvalue weighted by atomic mass is 16.5. The maximum Gasteiger partial charge on any atom is 0.256 e. The van der Waals surface area contributed by atoms with Crippen LogP contribution in [0.5, 0.6) is 0 Å². The Morgan fingerprint density at radius 2 is 2.00 bits per heavy atom. The van der Waals surface area contributed by atoms with Crippen molar-refractivity contribution in [3.05, 3.63) is 43.0 Å². The van der Waals surface area contributed by atoms with E-state index in [1.54, 1.807) is 44.2 Å². The number of amides is 1. The number of anilines is 1. The number of hydrogen-bond donors (Lipinski definition) is 1. The van der Waals surface area contributed by atoms with Gasteiger partial charge in [-0.2, -0.15) is 5.06 Å². The van der Waals surface area contributed by atoms with Crippen molar-refractivity contribution < 1.29 is 10.0 Å². The molecule has 3 heteroatoms. The summed E-state index contributed by atoms with van der Waals surface area (Å²) in [5.41, 5.74) is -0.170. The molecule has 1 aromatic rings. The van der Waals surface area contributed by atoms with Gasteiger partial charge in [-0.1, -0.05) is 38.1 Å². The Morgan fingerprint density at radius 3 is 2.50 bits per heavy atom. The van der Waals surface area contributed by atoms with Gasteiger partial charge in [0.05, 0.1) is 5.69 Å². The highest BCUT2D eigenvalue weighted by Gasteiger charge is 2.31. The largest absolute Gasteiger partial charge is 0.281 e. The molecule has 0 bridgehead atoms. The molecule has 86 valence electrons. The van der Waals surface area contributed by atoms with E-state index in [9.17, 15) is 10.0 Å². The number of hydroxylamine groups is 1. The van der Waals surface area contributed by atoms with Crippen LogP contribution in [-0.2, 0) is 4.79 Å². The van der Waals surface area contributed by atoms with Crippen LogP contribution < -0.4 is 5.06 Å². The second-order valence-corrected chi connectivity index (χ2v) is 4.33.